The second kappa shape index (κ2) is 7.67. The van der Waals surface area contributed by atoms with E-state index in [2.05, 4.69) is 5.32 Å². The first-order valence-electron chi connectivity index (χ1n) is 5.77. The van der Waals surface area contributed by atoms with E-state index in [1.54, 1.807) is 12.1 Å². The quantitative estimate of drug-likeness (QED) is 0.533. The first-order chi connectivity index (χ1) is 9.08. The molecule has 0 amide bonds. The molecule has 1 unspecified atom stereocenters. The van der Waals surface area contributed by atoms with Crippen molar-refractivity contribution >= 4 is 5.69 Å². The van der Waals surface area contributed by atoms with Crippen molar-refractivity contribution in [1.29, 1.82) is 0 Å². The standard InChI is InChI=1S/C12H18N2O5/c1-18-8-10(15)7-13-6-9-3-4-12(19-2)11(5-9)14(16)17/h3-5,10,13,15H,6-8H2,1-2H3. The van der Waals surface area contributed by atoms with Crippen LogP contribution in [0.1, 0.15) is 5.56 Å². The number of aliphatic hydroxyl groups excluding tert-OH is 1. The molecule has 19 heavy (non-hydrogen) atoms. The van der Waals surface area contributed by atoms with Gasteiger partial charge in [0.25, 0.3) is 0 Å². The van der Waals surface area contributed by atoms with Crippen LogP contribution >= 0.6 is 0 Å². The number of nitro benzene ring substituents is 1. The summed E-state index contributed by atoms with van der Waals surface area (Å²) < 4.78 is 9.71. The molecular formula is C12H18N2O5. The monoisotopic (exact) mass is 270 g/mol. The predicted molar refractivity (Wildman–Crippen MR) is 69.2 cm³/mol. The summed E-state index contributed by atoms with van der Waals surface area (Å²) in [6, 6.07) is 4.75. The van der Waals surface area contributed by atoms with Gasteiger partial charge in [-0.3, -0.25) is 10.1 Å². The number of aliphatic hydroxyl groups is 1. The Kier molecular flexibility index (Phi) is 6.20. The summed E-state index contributed by atoms with van der Waals surface area (Å²) in [6.07, 6.45) is -0.599. The lowest BCUT2D eigenvalue weighted by Crippen LogP contribution is -2.29. The summed E-state index contributed by atoms with van der Waals surface area (Å²) in [7, 11) is 2.90. The summed E-state index contributed by atoms with van der Waals surface area (Å²) in [5.74, 6) is 0.230. The van der Waals surface area contributed by atoms with Crippen molar-refractivity contribution < 1.29 is 19.5 Å². The van der Waals surface area contributed by atoms with E-state index < -0.39 is 11.0 Å². The maximum atomic E-state index is 10.8. The largest absolute Gasteiger partial charge is 0.490 e. The molecule has 0 aliphatic carbocycles. The van der Waals surface area contributed by atoms with E-state index >= 15 is 0 Å². The molecule has 1 rings (SSSR count). The zero-order valence-corrected chi connectivity index (χ0v) is 11.0. The van der Waals surface area contributed by atoms with Crippen LogP contribution in [0.4, 0.5) is 5.69 Å². The van der Waals surface area contributed by atoms with Gasteiger partial charge in [-0.2, -0.15) is 0 Å². The lowest BCUT2D eigenvalue weighted by molar-refractivity contribution is -0.385. The van der Waals surface area contributed by atoms with Crippen LogP contribution in [0.25, 0.3) is 0 Å². The molecule has 106 valence electrons. The van der Waals surface area contributed by atoms with Crippen molar-refractivity contribution in [2.45, 2.75) is 12.6 Å². The average Bonchev–Trinajstić information content (AvgIpc) is 2.38. The molecule has 1 aromatic rings. The lowest BCUT2D eigenvalue weighted by atomic mass is 10.2. The fourth-order valence-corrected chi connectivity index (χ4v) is 1.62. The highest BCUT2D eigenvalue weighted by Crippen LogP contribution is 2.27. The van der Waals surface area contributed by atoms with Gasteiger partial charge < -0.3 is 19.9 Å². The summed E-state index contributed by atoms with van der Waals surface area (Å²) in [4.78, 5) is 10.4. The van der Waals surface area contributed by atoms with Gasteiger partial charge in [-0.05, 0) is 11.6 Å². The Hall–Kier alpha value is -1.70. The van der Waals surface area contributed by atoms with Crippen LogP contribution in [0, 0.1) is 10.1 Å². The van der Waals surface area contributed by atoms with Gasteiger partial charge in [-0.1, -0.05) is 6.07 Å². The third-order valence-corrected chi connectivity index (χ3v) is 2.51. The Morgan fingerprint density at radius 2 is 2.21 bits per heavy atom. The van der Waals surface area contributed by atoms with Gasteiger partial charge in [0.1, 0.15) is 0 Å². The predicted octanol–water partition coefficient (Wildman–Crippen LogP) is 0.700. The van der Waals surface area contributed by atoms with E-state index in [1.165, 1.54) is 20.3 Å². The molecule has 7 nitrogen and oxygen atoms in total. The molecule has 0 spiro atoms. The van der Waals surface area contributed by atoms with Gasteiger partial charge >= 0.3 is 5.69 Å². The van der Waals surface area contributed by atoms with E-state index in [-0.39, 0.29) is 18.0 Å². The molecule has 0 bridgehead atoms. The first kappa shape index (κ1) is 15.4. The molecule has 7 heteroatoms. The number of nitrogens with zero attached hydrogens (tertiary/aromatic N) is 1. The Balaban J connectivity index is 2.60. The number of methoxy groups -OCH3 is 2. The van der Waals surface area contributed by atoms with Crippen molar-refractivity contribution in [3.63, 3.8) is 0 Å². The maximum absolute atomic E-state index is 10.8. The molecule has 2 N–H and O–H groups in total. The molecule has 0 heterocycles. The summed E-state index contributed by atoms with van der Waals surface area (Å²) in [6.45, 7) is 1.02. The van der Waals surface area contributed by atoms with Crippen molar-refractivity contribution in [2.24, 2.45) is 0 Å². The lowest BCUT2D eigenvalue weighted by Gasteiger charge is -2.11. The fourth-order valence-electron chi connectivity index (χ4n) is 1.62. The number of benzene rings is 1. The highest BCUT2D eigenvalue weighted by Gasteiger charge is 2.15. The summed E-state index contributed by atoms with van der Waals surface area (Å²) in [5, 5.41) is 23.3. The summed E-state index contributed by atoms with van der Waals surface area (Å²) >= 11 is 0. The number of nitrogens with one attached hydrogen (secondary N) is 1. The first-order valence-corrected chi connectivity index (χ1v) is 5.77. The second-order valence-electron chi connectivity index (χ2n) is 4.00. The second-order valence-corrected chi connectivity index (χ2v) is 4.00. The molecule has 0 radical (unpaired) electrons. The average molecular weight is 270 g/mol. The minimum absolute atomic E-state index is 0.0701. The molecule has 1 atom stereocenters. The molecule has 1 aromatic carbocycles. The van der Waals surface area contributed by atoms with Crippen LogP contribution < -0.4 is 10.1 Å². The number of ether oxygens (including phenoxy) is 2. The van der Waals surface area contributed by atoms with Crippen LogP contribution in [0.5, 0.6) is 5.75 Å². The summed E-state index contributed by atoms with van der Waals surface area (Å²) in [5.41, 5.74) is 0.677. The Bertz CT molecular complexity index is 425. The SMILES string of the molecule is COCC(O)CNCc1ccc(OC)c([N+](=O)[O-])c1. The molecule has 0 saturated carbocycles. The van der Waals surface area contributed by atoms with E-state index in [4.69, 9.17) is 9.47 Å². The minimum Gasteiger partial charge on any atom is -0.490 e. The topological polar surface area (TPSA) is 93.9 Å². The van der Waals surface area contributed by atoms with Crippen molar-refractivity contribution in [2.75, 3.05) is 27.4 Å². The zero-order chi connectivity index (χ0) is 14.3. The van der Waals surface area contributed by atoms with Crippen LogP contribution in [-0.2, 0) is 11.3 Å². The van der Waals surface area contributed by atoms with Gasteiger partial charge in [-0.15, -0.1) is 0 Å². The molecule has 0 aliphatic heterocycles. The van der Waals surface area contributed by atoms with Gasteiger partial charge in [0.2, 0.25) is 0 Å². The molecule has 0 saturated heterocycles. The van der Waals surface area contributed by atoms with Gasteiger partial charge in [0, 0.05) is 26.3 Å². The van der Waals surface area contributed by atoms with Gasteiger partial charge in [0.15, 0.2) is 5.75 Å². The Morgan fingerprint density at radius 3 is 2.79 bits per heavy atom. The third kappa shape index (κ3) is 4.82. The minimum atomic E-state index is -0.599. The van der Waals surface area contributed by atoms with Crippen LogP contribution in [0.3, 0.4) is 0 Å². The Morgan fingerprint density at radius 1 is 1.47 bits per heavy atom. The normalized spacial score (nSPS) is 12.2. The molecule has 0 aromatic heterocycles. The van der Waals surface area contributed by atoms with E-state index in [1.807, 2.05) is 0 Å². The van der Waals surface area contributed by atoms with E-state index in [0.29, 0.717) is 13.1 Å². The van der Waals surface area contributed by atoms with Crippen LogP contribution in [0.15, 0.2) is 18.2 Å². The maximum Gasteiger partial charge on any atom is 0.311 e. The van der Waals surface area contributed by atoms with Crippen LogP contribution in [0.2, 0.25) is 0 Å². The number of hydrogen-bond acceptors (Lipinski definition) is 6. The van der Waals surface area contributed by atoms with Crippen molar-refractivity contribution in [3.05, 3.63) is 33.9 Å². The molecule has 0 aliphatic rings. The van der Waals surface area contributed by atoms with Crippen LogP contribution in [-0.4, -0.2) is 43.5 Å². The smallest absolute Gasteiger partial charge is 0.311 e. The third-order valence-electron chi connectivity index (χ3n) is 2.51. The van der Waals surface area contributed by atoms with E-state index in [9.17, 15) is 15.2 Å². The number of rotatable bonds is 8. The number of nitro groups is 1. The molecular weight excluding hydrogens is 252 g/mol. The zero-order valence-electron chi connectivity index (χ0n) is 11.0. The van der Waals surface area contributed by atoms with Crippen molar-refractivity contribution in [1.82, 2.24) is 5.32 Å². The Labute approximate surface area is 111 Å². The van der Waals surface area contributed by atoms with Gasteiger partial charge in [0.05, 0.1) is 24.7 Å². The highest BCUT2D eigenvalue weighted by molar-refractivity contribution is 5.48. The molecule has 0 fully saturated rings. The van der Waals surface area contributed by atoms with Gasteiger partial charge in [-0.25, -0.2) is 0 Å². The van der Waals surface area contributed by atoms with Crippen molar-refractivity contribution in [3.8, 4) is 5.75 Å². The van der Waals surface area contributed by atoms with E-state index in [0.717, 1.165) is 5.56 Å². The highest BCUT2D eigenvalue weighted by atomic mass is 16.6. The fraction of sp³-hybridized carbons (Fsp3) is 0.500. The number of hydrogen-bond donors (Lipinski definition) is 2.